The molecule has 2 aromatic carbocycles. The standard InChI is InChI=1S/C32H36F3N3O6S/c1-2-45(41,42)28-12-5-22(6-13-28)29(18-39)37-31(40)23-7-14-30(36-16-23)38-17-27(15-25(38)20-43-19-21-3-4-21)44-26-10-8-24(9-11-26)32(33,34)35/h5-14,16,21,25,27,29,39H,2-4,15,17-20H2,1H3,(H,37,40)/t25-,27+,29-/m0/s1. The molecule has 2 fully saturated rings. The van der Waals surface area contributed by atoms with Gasteiger partial charge in [0, 0.05) is 19.2 Å². The van der Waals surface area contributed by atoms with Crippen LogP contribution in [0.1, 0.15) is 53.7 Å². The number of aliphatic hydroxyl groups excluding tert-OH is 1. The van der Waals surface area contributed by atoms with Crippen molar-refractivity contribution in [3.63, 3.8) is 0 Å². The second-order valence-corrected chi connectivity index (χ2v) is 13.6. The summed E-state index contributed by atoms with van der Waals surface area (Å²) in [6.45, 7) is 2.69. The SMILES string of the molecule is CCS(=O)(=O)c1ccc([C@H](CO)NC(=O)c2ccc(N3C[C@H](Oc4ccc(C(F)(F)F)cc4)C[C@H]3COCC3CC3)nc2)cc1. The van der Waals surface area contributed by atoms with E-state index in [4.69, 9.17) is 9.47 Å². The first-order valence-electron chi connectivity index (χ1n) is 14.9. The molecule has 9 nitrogen and oxygen atoms in total. The quantitative estimate of drug-likeness (QED) is 0.272. The highest BCUT2D eigenvalue weighted by molar-refractivity contribution is 7.91. The van der Waals surface area contributed by atoms with Crippen molar-refractivity contribution in [1.29, 1.82) is 0 Å². The molecular weight excluding hydrogens is 611 g/mol. The van der Waals surface area contributed by atoms with E-state index in [-0.39, 0.29) is 28.4 Å². The van der Waals surface area contributed by atoms with Crippen LogP contribution in [0.3, 0.4) is 0 Å². The van der Waals surface area contributed by atoms with Crippen LogP contribution in [0, 0.1) is 5.92 Å². The molecular formula is C32H36F3N3O6S. The van der Waals surface area contributed by atoms with E-state index >= 15 is 0 Å². The van der Waals surface area contributed by atoms with Gasteiger partial charge in [-0.15, -0.1) is 0 Å². The predicted octanol–water partition coefficient (Wildman–Crippen LogP) is 4.81. The van der Waals surface area contributed by atoms with Crippen molar-refractivity contribution in [3.8, 4) is 5.75 Å². The van der Waals surface area contributed by atoms with Gasteiger partial charge in [0.15, 0.2) is 9.84 Å². The summed E-state index contributed by atoms with van der Waals surface area (Å²) in [5.41, 5.74) is 0.0737. The highest BCUT2D eigenvalue weighted by Crippen LogP contribution is 2.33. The maximum Gasteiger partial charge on any atom is 0.416 e. The van der Waals surface area contributed by atoms with Crippen LogP contribution in [-0.4, -0.2) is 68.7 Å². The number of carbonyl (C=O) groups is 1. The lowest BCUT2D eigenvalue weighted by atomic mass is 10.1. The molecule has 0 bridgehead atoms. The number of rotatable bonds is 13. The summed E-state index contributed by atoms with van der Waals surface area (Å²) in [5.74, 6) is 1.02. The van der Waals surface area contributed by atoms with Crippen LogP contribution in [0.4, 0.5) is 19.0 Å². The lowest BCUT2D eigenvalue weighted by molar-refractivity contribution is -0.137. The number of nitrogens with one attached hydrogen (secondary N) is 1. The Hall–Kier alpha value is -3.68. The molecule has 1 saturated heterocycles. The van der Waals surface area contributed by atoms with Crippen molar-refractivity contribution in [3.05, 3.63) is 83.6 Å². The Balaban J connectivity index is 1.24. The average Bonchev–Trinajstić information content (AvgIpc) is 3.78. The fraction of sp³-hybridized carbons (Fsp3) is 0.438. The molecule has 0 unspecified atom stereocenters. The summed E-state index contributed by atoms with van der Waals surface area (Å²) < 4.78 is 75.1. The fourth-order valence-corrected chi connectivity index (χ4v) is 6.09. The second kappa shape index (κ2) is 13.8. The molecule has 2 aliphatic rings. The Bertz CT molecular complexity index is 1550. The van der Waals surface area contributed by atoms with Crippen LogP contribution in [-0.2, 0) is 20.8 Å². The number of nitrogens with zero attached hydrogens (tertiary/aromatic N) is 2. The third-order valence-corrected chi connectivity index (χ3v) is 9.79. The Kier molecular flexibility index (Phi) is 10.00. The van der Waals surface area contributed by atoms with Gasteiger partial charge < -0.3 is 24.8 Å². The number of ether oxygens (including phenoxy) is 2. The van der Waals surface area contributed by atoms with Crippen molar-refractivity contribution in [2.24, 2.45) is 5.92 Å². The number of alkyl halides is 3. The van der Waals surface area contributed by atoms with E-state index in [1.807, 2.05) is 4.90 Å². The third-order valence-electron chi connectivity index (χ3n) is 8.04. The predicted molar refractivity (Wildman–Crippen MR) is 161 cm³/mol. The van der Waals surface area contributed by atoms with Crippen LogP contribution in [0.5, 0.6) is 5.75 Å². The highest BCUT2D eigenvalue weighted by Gasteiger charge is 2.36. The summed E-state index contributed by atoms with van der Waals surface area (Å²) in [6, 6.07) is 13.1. The zero-order valence-electron chi connectivity index (χ0n) is 24.7. The molecule has 2 heterocycles. The number of amides is 1. The first-order valence-corrected chi connectivity index (χ1v) is 16.5. The minimum Gasteiger partial charge on any atom is -0.489 e. The van der Waals surface area contributed by atoms with E-state index in [9.17, 15) is 31.5 Å². The molecule has 45 heavy (non-hydrogen) atoms. The minimum atomic E-state index is -4.42. The van der Waals surface area contributed by atoms with Crippen LogP contribution in [0.25, 0.3) is 0 Å². The van der Waals surface area contributed by atoms with E-state index < -0.39 is 40.1 Å². The zero-order chi connectivity index (χ0) is 32.2. The summed E-state index contributed by atoms with van der Waals surface area (Å²) in [5, 5.41) is 12.7. The van der Waals surface area contributed by atoms with Gasteiger partial charge in [-0.05, 0) is 72.9 Å². The molecule has 3 atom stereocenters. The molecule has 5 rings (SSSR count). The third kappa shape index (κ3) is 8.33. The zero-order valence-corrected chi connectivity index (χ0v) is 25.6. The fourth-order valence-electron chi connectivity index (χ4n) is 5.21. The van der Waals surface area contributed by atoms with Gasteiger partial charge >= 0.3 is 6.18 Å². The summed E-state index contributed by atoms with van der Waals surface area (Å²) in [4.78, 5) is 19.7. The largest absolute Gasteiger partial charge is 0.489 e. The molecule has 3 aromatic rings. The van der Waals surface area contributed by atoms with E-state index in [0.29, 0.717) is 49.2 Å². The molecule has 0 spiro atoms. The van der Waals surface area contributed by atoms with Gasteiger partial charge in [0.2, 0.25) is 0 Å². The van der Waals surface area contributed by atoms with Crippen LogP contribution in [0.2, 0.25) is 0 Å². The molecule has 1 aliphatic heterocycles. The normalized spacial score (nSPS) is 19.4. The van der Waals surface area contributed by atoms with E-state index in [1.54, 1.807) is 31.2 Å². The number of pyridine rings is 1. The summed E-state index contributed by atoms with van der Waals surface area (Å²) >= 11 is 0. The number of anilines is 1. The number of hydrogen-bond donors (Lipinski definition) is 2. The maximum atomic E-state index is 13.0. The van der Waals surface area contributed by atoms with Gasteiger partial charge in [0.25, 0.3) is 5.91 Å². The molecule has 242 valence electrons. The van der Waals surface area contributed by atoms with Crippen LogP contribution >= 0.6 is 0 Å². The van der Waals surface area contributed by atoms with E-state index in [0.717, 1.165) is 25.0 Å². The van der Waals surface area contributed by atoms with Crippen molar-refractivity contribution in [1.82, 2.24) is 10.3 Å². The monoisotopic (exact) mass is 647 g/mol. The smallest absolute Gasteiger partial charge is 0.416 e. The Morgan fingerprint density at radius 2 is 1.78 bits per heavy atom. The number of aliphatic hydroxyl groups is 1. The van der Waals surface area contributed by atoms with Crippen molar-refractivity contribution in [2.75, 3.05) is 37.0 Å². The molecule has 1 saturated carbocycles. The Morgan fingerprint density at radius 3 is 2.36 bits per heavy atom. The van der Waals surface area contributed by atoms with Gasteiger partial charge in [0.1, 0.15) is 17.7 Å². The molecule has 1 aliphatic carbocycles. The van der Waals surface area contributed by atoms with Crippen molar-refractivity contribution >= 4 is 21.6 Å². The van der Waals surface area contributed by atoms with Crippen LogP contribution < -0.4 is 15.0 Å². The van der Waals surface area contributed by atoms with Gasteiger partial charge in [-0.3, -0.25) is 4.79 Å². The van der Waals surface area contributed by atoms with E-state index in [1.165, 1.54) is 30.5 Å². The highest BCUT2D eigenvalue weighted by atomic mass is 32.2. The second-order valence-electron chi connectivity index (χ2n) is 11.4. The number of hydrogen-bond acceptors (Lipinski definition) is 8. The Morgan fingerprint density at radius 1 is 1.07 bits per heavy atom. The number of carbonyl (C=O) groups excluding carboxylic acids is 1. The van der Waals surface area contributed by atoms with Crippen molar-refractivity contribution in [2.45, 2.75) is 55.4 Å². The number of halogens is 3. The molecule has 1 amide bonds. The van der Waals surface area contributed by atoms with Gasteiger partial charge in [0.05, 0.1) is 53.6 Å². The maximum absolute atomic E-state index is 13.0. The van der Waals surface area contributed by atoms with Gasteiger partial charge in [-0.2, -0.15) is 13.2 Å². The lowest BCUT2D eigenvalue weighted by Gasteiger charge is -2.25. The number of aromatic nitrogens is 1. The summed E-state index contributed by atoms with van der Waals surface area (Å²) in [6.07, 6.45) is -0.421. The number of sulfone groups is 1. The Labute approximate surface area is 260 Å². The lowest BCUT2D eigenvalue weighted by Crippen LogP contribution is -2.34. The molecule has 2 N–H and O–H groups in total. The minimum absolute atomic E-state index is 0.0337. The topological polar surface area (TPSA) is 118 Å². The van der Waals surface area contributed by atoms with Crippen LogP contribution in [0.15, 0.2) is 71.8 Å². The first-order chi connectivity index (χ1) is 21.5. The molecule has 0 radical (unpaired) electrons. The average molecular weight is 648 g/mol. The van der Waals surface area contributed by atoms with Gasteiger partial charge in [-0.1, -0.05) is 19.1 Å². The molecule has 13 heteroatoms. The first kappa shape index (κ1) is 32.7. The number of benzene rings is 2. The van der Waals surface area contributed by atoms with Gasteiger partial charge in [-0.25, -0.2) is 13.4 Å². The van der Waals surface area contributed by atoms with Crippen molar-refractivity contribution < 1.29 is 41.0 Å². The summed E-state index contributed by atoms with van der Waals surface area (Å²) in [7, 11) is -3.38. The van der Waals surface area contributed by atoms with E-state index in [2.05, 4.69) is 10.3 Å². The molecule has 1 aromatic heterocycles.